The highest BCUT2D eigenvalue weighted by molar-refractivity contribution is 6.01. The Morgan fingerprint density at radius 1 is 1.55 bits per heavy atom. The molecule has 0 spiro atoms. The van der Waals surface area contributed by atoms with Gasteiger partial charge in [-0.05, 0) is 6.92 Å². The number of carbonyl (C=O) groups excluding carboxylic acids is 1. The molecule has 1 atom stereocenters. The predicted octanol–water partition coefficient (Wildman–Crippen LogP) is 1.42. The Morgan fingerprint density at radius 2 is 2.09 bits per heavy atom. The zero-order valence-corrected chi connectivity index (χ0v) is 5.61. The summed E-state index contributed by atoms with van der Waals surface area (Å²) in [5.41, 5.74) is -1.20. The molecule has 11 heavy (non-hydrogen) atoms. The molecule has 2 nitrogen and oxygen atoms in total. The van der Waals surface area contributed by atoms with E-state index in [1.807, 2.05) is 0 Å². The first-order chi connectivity index (χ1) is 4.93. The van der Waals surface area contributed by atoms with E-state index < -0.39 is 23.6 Å². The highest BCUT2D eigenvalue weighted by Crippen LogP contribution is 2.30. The molecule has 1 heterocycles. The summed E-state index contributed by atoms with van der Waals surface area (Å²) in [7, 11) is 0. The zero-order valence-electron chi connectivity index (χ0n) is 5.61. The number of hydrogen-bond acceptors (Lipinski definition) is 2. The molecule has 1 aliphatic rings. The molecule has 0 bridgehead atoms. The lowest BCUT2D eigenvalue weighted by molar-refractivity contribution is -0.130. The summed E-state index contributed by atoms with van der Waals surface area (Å²) in [6.07, 6.45) is -5.11. The van der Waals surface area contributed by atoms with Crippen LogP contribution in [0.4, 0.5) is 13.2 Å². The summed E-state index contributed by atoms with van der Waals surface area (Å²) < 4.78 is 39.8. The van der Waals surface area contributed by atoms with Gasteiger partial charge in [0, 0.05) is 0 Å². The third-order valence-corrected chi connectivity index (χ3v) is 1.33. The van der Waals surface area contributed by atoms with Gasteiger partial charge in [-0.1, -0.05) is 0 Å². The third kappa shape index (κ3) is 1.36. The molecule has 0 amide bonds. The van der Waals surface area contributed by atoms with Crippen molar-refractivity contribution in [1.82, 2.24) is 0 Å². The molecule has 0 radical (unpaired) electrons. The Balaban J connectivity index is 2.85. The third-order valence-electron chi connectivity index (χ3n) is 1.33. The van der Waals surface area contributed by atoms with Crippen LogP contribution < -0.4 is 0 Å². The Bertz CT molecular complexity index is 216. The van der Waals surface area contributed by atoms with Crippen LogP contribution in [0.2, 0.25) is 0 Å². The number of ether oxygens (including phenoxy) is 1. The number of hydrogen-bond donors (Lipinski definition) is 0. The second-order valence-corrected chi connectivity index (χ2v) is 2.17. The predicted molar refractivity (Wildman–Crippen MR) is 29.7 cm³/mol. The molecule has 0 N–H and O–H groups in total. The number of carbonyl (C=O) groups is 1. The normalized spacial score (nSPS) is 24.9. The number of alkyl halides is 3. The van der Waals surface area contributed by atoms with Crippen molar-refractivity contribution in [3.05, 3.63) is 11.8 Å². The lowest BCUT2D eigenvalue weighted by Gasteiger charge is -2.03. The van der Waals surface area contributed by atoms with E-state index >= 15 is 0 Å². The van der Waals surface area contributed by atoms with Gasteiger partial charge in [0.25, 0.3) is 0 Å². The topological polar surface area (TPSA) is 26.3 Å². The van der Waals surface area contributed by atoms with Gasteiger partial charge in [0.1, 0.15) is 11.8 Å². The van der Waals surface area contributed by atoms with E-state index in [4.69, 9.17) is 0 Å². The van der Waals surface area contributed by atoms with Crippen molar-refractivity contribution < 1.29 is 22.7 Å². The van der Waals surface area contributed by atoms with E-state index in [2.05, 4.69) is 4.74 Å². The Hall–Kier alpha value is -1.00. The molecule has 1 rings (SSSR count). The van der Waals surface area contributed by atoms with Gasteiger partial charge in [0.05, 0.1) is 0 Å². The zero-order chi connectivity index (χ0) is 8.65. The van der Waals surface area contributed by atoms with Gasteiger partial charge in [0.2, 0.25) is 5.78 Å². The van der Waals surface area contributed by atoms with Crippen molar-refractivity contribution in [2.75, 3.05) is 0 Å². The van der Waals surface area contributed by atoms with Gasteiger partial charge in [0.15, 0.2) is 6.10 Å². The van der Waals surface area contributed by atoms with Gasteiger partial charge in [-0.15, -0.1) is 0 Å². The standard InChI is InChI=1S/C6H5F3O2/c1-3-5(10)4(2-11-3)6(7,8)9/h2-3H,1H3. The highest BCUT2D eigenvalue weighted by Gasteiger charge is 2.44. The average molecular weight is 166 g/mol. The van der Waals surface area contributed by atoms with Gasteiger partial charge >= 0.3 is 6.18 Å². The van der Waals surface area contributed by atoms with E-state index in [1.165, 1.54) is 6.92 Å². The molecule has 1 aliphatic heterocycles. The molecule has 0 aromatic heterocycles. The maximum atomic E-state index is 11.8. The van der Waals surface area contributed by atoms with E-state index in [1.54, 1.807) is 0 Å². The fourth-order valence-electron chi connectivity index (χ4n) is 0.715. The van der Waals surface area contributed by atoms with Crippen molar-refractivity contribution in [2.24, 2.45) is 0 Å². The minimum atomic E-state index is -4.58. The van der Waals surface area contributed by atoms with E-state index in [0.717, 1.165) is 0 Å². The fraction of sp³-hybridized carbons (Fsp3) is 0.500. The number of rotatable bonds is 0. The Morgan fingerprint density at radius 3 is 2.27 bits per heavy atom. The van der Waals surface area contributed by atoms with Crippen molar-refractivity contribution in [1.29, 1.82) is 0 Å². The molecule has 0 aromatic rings. The van der Waals surface area contributed by atoms with Gasteiger partial charge in [-0.3, -0.25) is 4.79 Å². The van der Waals surface area contributed by atoms with E-state index in [-0.39, 0.29) is 0 Å². The van der Waals surface area contributed by atoms with Crippen LogP contribution in [-0.4, -0.2) is 18.1 Å². The second-order valence-electron chi connectivity index (χ2n) is 2.17. The highest BCUT2D eigenvalue weighted by atomic mass is 19.4. The summed E-state index contributed by atoms with van der Waals surface area (Å²) in [5.74, 6) is -1.00. The molecule has 0 saturated carbocycles. The van der Waals surface area contributed by atoms with Crippen molar-refractivity contribution in [2.45, 2.75) is 19.2 Å². The second kappa shape index (κ2) is 2.25. The first kappa shape index (κ1) is 8.10. The number of Topliss-reactive ketones (excluding diaryl/α,β-unsaturated/α-hetero) is 1. The average Bonchev–Trinajstić information content (AvgIpc) is 2.11. The summed E-state index contributed by atoms with van der Waals surface area (Å²) in [6.45, 7) is 1.28. The van der Waals surface area contributed by atoms with Crippen molar-refractivity contribution >= 4 is 5.78 Å². The van der Waals surface area contributed by atoms with Crippen LogP contribution in [0.5, 0.6) is 0 Å². The Kier molecular flexibility index (Phi) is 1.66. The smallest absolute Gasteiger partial charge is 0.422 e. The van der Waals surface area contributed by atoms with E-state index in [9.17, 15) is 18.0 Å². The van der Waals surface area contributed by atoms with Gasteiger partial charge < -0.3 is 4.74 Å². The van der Waals surface area contributed by atoms with Gasteiger partial charge in [-0.2, -0.15) is 13.2 Å². The maximum absolute atomic E-state index is 11.8. The van der Waals surface area contributed by atoms with Crippen LogP contribution in [-0.2, 0) is 9.53 Å². The van der Waals surface area contributed by atoms with Crippen LogP contribution in [0, 0.1) is 0 Å². The lowest BCUT2D eigenvalue weighted by atomic mass is 10.1. The first-order valence-electron chi connectivity index (χ1n) is 2.90. The monoisotopic (exact) mass is 166 g/mol. The van der Waals surface area contributed by atoms with Crippen LogP contribution in [0.1, 0.15) is 6.92 Å². The van der Waals surface area contributed by atoms with Crippen LogP contribution in [0.15, 0.2) is 11.8 Å². The van der Waals surface area contributed by atoms with Gasteiger partial charge in [-0.25, -0.2) is 0 Å². The van der Waals surface area contributed by atoms with Crippen LogP contribution >= 0.6 is 0 Å². The minimum absolute atomic E-state index is 0.465. The van der Waals surface area contributed by atoms with Crippen molar-refractivity contribution in [3.8, 4) is 0 Å². The molecule has 0 saturated heterocycles. The molecule has 0 fully saturated rings. The quantitative estimate of drug-likeness (QED) is 0.544. The largest absolute Gasteiger partial charge is 0.489 e. The number of halogens is 3. The maximum Gasteiger partial charge on any atom is 0.422 e. The summed E-state index contributed by atoms with van der Waals surface area (Å²) >= 11 is 0. The summed E-state index contributed by atoms with van der Waals surface area (Å²) in [6, 6.07) is 0. The SMILES string of the molecule is CC1OC=C(C(F)(F)F)C1=O. The van der Waals surface area contributed by atoms with Crippen LogP contribution in [0.25, 0.3) is 0 Å². The molecule has 1 unspecified atom stereocenters. The summed E-state index contributed by atoms with van der Waals surface area (Å²) in [4.78, 5) is 10.6. The molecular weight excluding hydrogens is 161 g/mol. The fourth-order valence-corrected chi connectivity index (χ4v) is 0.715. The molecule has 0 aliphatic carbocycles. The minimum Gasteiger partial charge on any atom is -0.489 e. The van der Waals surface area contributed by atoms with Crippen molar-refractivity contribution in [3.63, 3.8) is 0 Å². The molecular formula is C6H5F3O2. The summed E-state index contributed by atoms with van der Waals surface area (Å²) in [5, 5.41) is 0. The molecule has 62 valence electrons. The first-order valence-corrected chi connectivity index (χ1v) is 2.90. The lowest BCUT2D eigenvalue weighted by Crippen LogP contribution is -2.22. The molecule has 5 heteroatoms. The number of ketones is 1. The molecule has 0 aromatic carbocycles. The van der Waals surface area contributed by atoms with Crippen LogP contribution in [0.3, 0.4) is 0 Å². The van der Waals surface area contributed by atoms with E-state index in [0.29, 0.717) is 6.26 Å². The Labute approximate surface area is 60.6 Å².